The second-order valence-corrected chi connectivity index (χ2v) is 9.20. The van der Waals surface area contributed by atoms with Crippen LogP contribution < -0.4 is 13.8 Å². The molecule has 0 N–H and O–H groups in total. The molecule has 0 amide bonds. The highest BCUT2D eigenvalue weighted by atomic mass is 32.2. The Morgan fingerprint density at radius 3 is 2.62 bits per heavy atom. The van der Waals surface area contributed by atoms with Gasteiger partial charge in [-0.25, -0.2) is 13.2 Å². The predicted molar refractivity (Wildman–Crippen MR) is 118 cm³/mol. The molecule has 0 unspecified atom stereocenters. The van der Waals surface area contributed by atoms with Gasteiger partial charge >= 0.3 is 5.97 Å². The number of nitrogens with zero attached hydrogens (tertiary/aromatic N) is 2. The van der Waals surface area contributed by atoms with E-state index in [0.717, 1.165) is 6.26 Å². The molecule has 3 aromatic rings. The summed E-state index contributed by atoms with van der Waals surface area (Å²) in [4.78, 5) is 25.0. The Kier molecular flexibility index (Phi) is 5.79. The average molecular weight is 458 g/mol. The number of ether oxygens (including phenoxy) is 3. The molecular weight excluding hydrogens is 436 g/mol. The van der Waals surface area contributed by atoms with Crippen LogP contribution in [0, 0.1) is 0 Å². The van der Waals surface area contributed by atoms with Crippen LogP contribution in [0.5, 0.6) is 11.5 Å². The van der Waals surface area contributed by atoms with E-state index in [1.165, 1.54) is 22.2 Å². The van der Waals surface area contributed by atoms with Crippen molar-refractivity contribution in [3.8, 4) is 11.5 Å². The molecule has 0 atom stereocenters. The maximum Gasteiger partial charge on any atom is 0.340 e. The molecule has 0 fully saturated rings. The zero-order chi connectivity index (χ0) is 22.9. The van der Waals surface area contributed by atoms with Crippen molar-refractivity contribution in [3.05, 3.63) is 54.2 Å². The fourth-order valence-electron chi connectivity index (χ4n) is 3.68. The summed E-state index contributed by atoms with van der Waals surface area (Å²) in [6.07, 6.45) is 2.93. The molecule has 1 aliphatic heterocycles. The summed E-state index contributed by atoms with van der Waals surface area (Å²) in [5, 5.41) is 0.617. The van der Waals surface area contributed by atoms with Crippen LogP contribution >= 0.6 is 0 Å². The lowest BCUT2D eigenvalue weighted by Crippen LogP contribution is -2.31. The molecule has 9 nitrogen and oxygen atoms in total. The normalized spacial score (nSPS) is 12.7. The number of hydrogen-bond donors (Lipinski definition) is 0. The highest BCUT2D eigenvalue weighted by Gasteiger charge is 2.23. The van der Waals surface area contributed by atoms with Gasteiger partial charge in [0.15, 0.2) is 11.5 Å². The van der Waals surface area contributed by atoms with E-state index in [4.69, 9.17) is 14.2 Å². The van der Waals surface area contributed by atoms with Gasteiger partial charge in [0.05, 0.1) is 30.1 Å². The first-order chi connectivity index (χ1) is 15.3. The Bertz CT molecular complexity index is 1300. The first-order valence-corrected chi connectivity index (χ1v) is 11.7. The molecule has 2 aromatic carbocycles. The third kappa shape index (κ3) is 4.13. The van der Waals surface area contributed by atoms with Crippen LogP contribution in [0.15, 0.2) is 48.7 Å². The first-order valence-electron chi connectivity index (χ1n) is 9.88. The highest BCUT2D eigenvalue weighted by Crippen LogP contribution is 2.36. The van der Waals surface area contributed by atoms with Gasteiger partial charge in [-0.2, -0.15) is 0 Å². The Labute approximate surface area is 185 Å². The first kappa shape index (κ1) is 21.7. The van der Waals surface area contributed by atoms with Gasteiger partial charge in [0.25, 0.3) is 0 Å². The van der Waals surface area contributed by atoms with Crippen molar-refractivity contribution in [2.75, 3.05) is 31.0 Å². The van der Waals surface area contributed by atoms with Gasteiger partial charge in [-0.15, -0.1) is 0 Å². The number of carbonyl (C=O) groups is 2. The van der Waals surface area contributed by atoms with E-state index in [0.29, 0.717) is 33.7 Å². The topological polar surface area (TPSA) is 104 Å². The quantitative estimate of drug-likeness (QED) is 0.501. The van der Waals surface area contributed by atoms with E-state index in [1.54, 1.807) is 42.5 Å². The van der Waals surface area contributed by atoms with Crippen LogP contribution in [0.4, 0.5) is 5.69 Å². The number of rotatable bonds is 7. The minimum absolute atomic E-state index is 0.0792. The number of esters is 1. The Morgan fingerprint density at radius 2 is 1.88 bits per heavy atom. The molecule has 168 valence electrons. The summed E-state index contributed by atoms with van der Waals surface area (Å²) < 4.78 is 42.8. The second-order valence-electron chi connectivity index (χ2n) is 7.29. The molecule has 1 aromatic heterocycles. The molecule has 0 radical (unpaired) electrons. The molecule has 10 heteroatoms. The number of aromatic nitrogens is 1. The number of sulfonamides is 1. The van der Waals surface area contributed by atoms with Crippen molar-refractivity contribution in [2.45, 2.75) is 12.8 Å². The lowest BCUT2D eigenvalue weighted by Gasteiger charge is -2.22. The van der Waals surface area contributed by atoms with Crippen LogP contribution in [0.1, 0.15) is 28.0 Å². The van der Waals surface area contributed by atoms with Crippen molar-refractivity contribution in [2.24, 2.45) is 0 Å². The lowest BCUT2D eigenvalue weighted by atomic mass is 10.2. The van der Waals surface area contributed by atoms with E-state index in [9.17, 15) is 18.0 Å². The number of hydrogen-bond acceptors (Lipinski definition) is 7. The van der Waals surface area contributed by atoms with E-state index in [2.05, 4.69) is 0 Å². The van der Waals surface area contributed by atoms with Crippen LogP contribution in [0.2, 0.25) is 0 Å². The summed E-state index contributed by atoms with van der Waals surface area (Å²) in [6.45, 7) is 0.192. The van der Waals surface area contributed by atoms with Gasteiger partial charge in [-0.3, -0.25) is 13.7 Å². The number of benzene rings is 2. The zero-order valence-corrected chi connectivity index (χ0v) is 18.4. The van der Waals surface area contributed by atoms with Crippen molar-refractivity contribution in [1.82, 2.24) is 4.57 Å². The molecule has 2 heterocycles. The van der Waals surface area contributed by atoms with E-state index < -0.39 is 16.0 Å². The van der Waals surface area contributed by atoms with E-state index in [-0.39, 0.29) is 32.1 Å². The van der Waals surface area contributed by atoms with Crippen molar-refractivity contribution < 1.29 is 32.2 Å². The SMILES string of the molecule is COC(=O)c1cn(C(=O)CCCN(c2ccc3c(c2)OCO3)S(C)(=O)=O)c2ccccc12. The molecule has 1 aliphatic rings. The maximum atomic E-state index is 12.9. The molecule has 32 heavy (non-hydrogen) atoms. The second kappa shape index (κ2) is 8.54. The summed E-state index contributed by atoms with van der Waals surface area (Å²) in [5.41, 5.74) is 1.33. The Morgan fingerprint density at radius 1 is 1.12 bits per heavy atom. The summed E-state index contributed by atoms with van der Waals surface area (Å²) >= 11 is 0. The largest absolute Gasteiger partial charge is 0.465 e. The van der Waals surface area contributed by atoms with Crippen LogP contribution in [-0.2, 0) is 14.8 Å². The van der Waals surface area contributed by atoms with Crippen LogP contribution in [0.3, 0.4) is 0 Å². The standard InChI is InChI=1S/C22H22N2O7S/c1-29-22(26)17-13-23(18-7-4-3-6-16(17)18)21(25)8-5-11-24(32(2,27)28)15-9-10-19-20(12-15)31-14-30-19/h3-4,6-7,9-10,12-13H,5,8,11,14H2,1-2H3. The van der Waals surface area contributed by atoms with Crippen molar-refractivity contribution in [1.29, 1.82) is 0 Å². The average Bonchev–Trinajstić information content (AvgIpc) is 3.39. The smallest absolute Gasteiger partial charge is 0.340 e. The zero-order valence-electron chi connectivity index (χ0n) is 17.6. The fraction of sp³-hybridized carbons (Fsp3) is 0.273. The number of methoxy groups -OCH3 is 1. The number of carbonyl (C=O) groups excluding carboxylic acids is 2. The highest BCUT2D eigenvalue weighted by molar-refractivity contribution is 7.92. The molecule has 0 aliphatic carbocycles. The Hall–Kier alpha value is -3.53. The molecular formula is C22H22N2O7S. The van der Waals surface area contributed by atoms with Gasteiger partial charge in [-0.05, 0) is 24.6 Å². The molecule has 0 bridgehead atoms. The third-order valence-corrected chi connectivity index (χ3v) is 6.38. The van der Waals surface area contributed by atoms with E-state index >= 15 is 0 Å². The van der Waals surface area contributed by atoms with Crippen molar-refractivity contribution >= 4 is 38.5 Å². The number of fused-ring (bicyclic) bond motifs is 2. The van der Waals surface area contributed by atoms with Gasteiger partial charge in [0.2, 0.25) is 22.7 Å². The van der Waals surface area contributed by atoms with Gasteiger partial charge < -0.3 is 14.2 Å². The monoisotopic (exact) mass is 458 g/mol. The van der Waals surface area contributed by atoms with Crippen molar-refractivity contribution in [3.63, 3.8) is 0 Å². The molecule has 0 spiro atoms. The number of anilines is 1. The lowest BCUT2D eigenvalue weighted by molar-refractivity contribution is 0.0603. The van der Waals surface area contributed by atoms with Crippen LogP contribution in [-0.4, -0.2) is 51.6 Å². The van der Waals surface area contributed by atoms with Gasteiger partial charge in [0, 0.05) is 30.6 Å². The Balaban J connectivity index is 1.52. The van der Waals surface area contributed by atoms with E-state index in [1.807, 2.05) is 0 Å². The minimum atomic E-state index is -3.59. The van der Waals surface area contributed by atoms with Gasteiger partial charge in [0.1, 0.15) is 0 Å². The molecule has 4 rings (SSSR count). The third-order valence-electron chi connectivity index (χ3n) is 5.18. The molecule has 0 saturated carbocycles. The minimum Gasteiger partial charge on any atom is -0.465 e. The fourth-order valence-corrected chi connectivity index (χ4v) is 4.64. The molecule has 0 saturated heterocycles. The maximum absolute atomic E-state index is 12.9. The summed E-state index contributed by atoms with van der Waals surface area (Å²) in [5.74, 6) is 0.244. The number of para-hydroxylation sites is 1. The van der Waals surface area contributed by atoms with Gasteiger partial charge in [-0.1, -0.05) is 18.2 Å². The summed E-state index contributed by atoms with van der Waals surface area (Å²) in [7, 11) is -2.30. The summed E-state index contributed by atoms with van der Waals surface area (Å²) in [6, 6.07) is 11.9. The van der Waals surface area contributed by atoms with Crippen LogP contribution in [0.25, 0.3) is 10.9 Å². The predicted octanol–water partition coefficient (Wildman–Crippen LogP) is 3.04.